The number of hydrogen-bond donors (Lipinski definition) is 2. The van der Waals surface area contributed by atoms with Gasteiger partial charge in [-0.05, 0) is 24.6 Å². The van der Waals surface area contributed by atoms with Crippen molar-refractivity contribution in [1.29, 1.82) is 0 Å². The first kappa shape index (κ1) is 18.7. The summed E-state index contributed by atoms with van der Waals surface area (Å²) in [5, 5.41) is 3.77. The second kappa shape index (κ2) is 7.65. The van der Waals surface area contributed by atoms with Crippen molar-refractivity contribution in [3.8, 4) is 0 Å². The Morgan fingerprint density at radius 1 is 1.50 bits per heavy atom. The van der Waals surface area contributed by atoms with Crippen LogP contribution in [0.3, 0.4) is 0 Å². The normalized spacial score (nSPS) is 12.3. The number of anilines is 1. The van der Waals surface area contributed by atoms with Crippen molar-refractivity contribution in [1.82, 2.24) is 9.88 Å². The Balaban J connectivity index is 1.91. The van der Waals surface area contributed by atoms with Crippen LogP contribution in [0, 0.1) is 6.92 Å². The molecule has 0 aliphatic rings. The summed E-state index contributed by atoms with van der Waals surface area (Å²) in [5.41, 5.74) is 8.81. The number of likely N-dealkylation sites (N-methyl/N-ethyl adjacent to an activating group) is 1. The van der Waals surface area contributed by atoms with Crippen molar-refractivity contribution >= 4 is 44.7 Å². The predicted molar refractivity (Wildman–Crippen MR) is 106 cm³/mol. The number of fused-ring (bicyclic) bond motifs is 1. The van der Waals surface area contributed by atoms with E-state index in [2.05, 4.69) is 10.3 Å². The van der Waals surface area contributed by atoms with Crippen LogP contribution in [-0.4, -0.2) is 35.9 Å². The lowest BCUT2D eigenvalue weighted by Gasteiger charge is -2.16. The zero-order valence-electron chi connectivity index (χ0n) is 14.9. The molecule has 3 rings (SSSR count). The Morgan fingerprint density at radius 3 is 2.92 bits per heavy atom. The van der Waals surface area contributed by atoms with Gasteiger partial charge in [-0.25, -0.2) is 4.98 Å². The standard InChI is InChI=1S/C18H21ClN4O2S/c1-10-14(7-12(20)18(24)23(2)3)26-17-13(8-15(19)22-16(10)17)21-9-11-5-4-6-25-11/h4-6,8,12H,7,9,20H2,1-3H3,(H,21,22)/t12-/m1/s1. The Kier molecular flexibility index (Phi) is 5.50. The number of aromatic nitrogens is 1. The summed E-state index contributed by atoms with van der Waals surface area (Å²) in [6.07, 6.45) is 2.11. The molecule has 0 aliphatic heterocycles. The molecule has 3 N–H and O–H groups in total. The molecule has 8 heteroatoms. The van der Waals surface area contributed by atoms with Gasteiger partial charge in [0.05, 0.1) is 34.8 Å². The van der Waals surface area contributed by atoms with Crippen LogP contribution < -0.4 is 11.1 Å². The molecule has 0 saturated carbocycles. The topological polar surface area (TPSA) is 84.4 Å². The maximum Gasteiger partial charge on any atom is 0.239 e. The molecule has 0 fully saturated rings. The molecule has 0 unspecified atom stereocenters. The monoisotopic (exact) mass is 392 g/mol. The molecule has 0 saturated heterocycles. The zero-order valence-corrected chi connectivity index (χ0v) is 16.4. The molecular formula is C18H21ClN4O2S. The highest BCUT2D eigenvalue weighted by Gasteiger charge is 2.21. The quantitative estimate of drug-likeness (QED) is 0.628. The summed E-state index contributed by atoms with van der Waals surface area (Å²) >= 11 is 7.80. The molecule has 6 nitrogen and oxygen atoms in total. The largest absolute Gasteiger partial charge is 0.467 e. The van der Waals surface area contributed by atoms with E-state index in [1.54, 1.807) is 37.8 Å². The average Bonchev–Trinajstić information content (AvgIpc) is 3.21. The van der Waals surface area contributed by atoms with E-state index < -0.39 is 6.04 Å². The Bertz CT molecular complexity index is 921. The van der Waals surface area contributed by atoms with Crippen LogP contribution >= 0.6 is 22.9 Å². The van der Waals surface area contributed by atoms with Crippen molar-refractivity contribution in [3.63, 3.8) is 0 Å². The lowest BCUT2D eigenvalue weighted by Crippen LogP contribution is -2.41. The number of nitrogens with zero attached hydrogens (tertiary/aromatic N) is 2. The van der Waals surface area contributed by atoms with Gasteiger partial charge in [0.15, 0.2) is 0 Å². The van der Waals surface area contributed by atoms with E-state index in [1.165, 1.54) is 4.90 Å². The van der Waals surface area contributed by atoms with Gasteiger partial charge in [0, 0.05) is 31.5 Å². The molecule has 0 aliphatic carbocycles. The molecule has 3 heterocycles. The molecule has 3 aromatic rings. The van der Waals surface area contributed by atoms with Gasteiger partial charge >= 0.3 is 0 Å². The number of nitrogens with one attached hydrogen (secondary N) is 1. The third-order valence-electron chi connectivity index (χ3n) is 4.14. The fraction of sp³-hybridized carbons (Fsp3) is 0.333. The van der Waals surface area contributed by atoms with Crippen molar-refractivity contribution in [2.75, 3.05) is 19.4 Å². The lowest BCUT2D eigenvalue weighted by molar-refractivity contribution is -0.130. The van der Waals surface area contributed by atoms with Gasteiger partial charge in [0.25, 0.3) is 0 Å². The third kappa shape index (κ3) is 3.85. The molecule has 1 amide bonds. The molecule has 0 radical (unpaired) electrons. The molecule has 26 heavy (non-hydrogen) atoms. The number of furan rings is 1. The Morgan fingerprint density at radius 2 is 2.27 bits per heavy atom. The first-order valence-corrected chi connectivity index (χ1v) is 9.37. The number of pyridine rings is 1. The molecule has 0 spiro atoms. The molecule has 0 bridgehead atoms. The average molecular weight is 393 g/mol. The second-order valence-corrected chi connectivity index (χ2v) is 7.79. The van der Waals surface area contributed by atoms with Crippen LogP contribution in [0.1, 0.15) is 16.2 Å². The van der Waals surface area contributed by atoms with Crippen molar-refractivity contribution < 1.29 is 9.21 Å². The van der Waals surface area contributed by atoms with E-state index in [1.807, 2.05) is 19.1 Å². The third-order valence-corrected chi connectivity index (χ3v) is 5.67. The van der Waals surface area contributed by atoms with Crippen LogP contribution in [-0.2, 0) is 17.8 Å². The number of amides is 1. The highest BCUT2D eigenvalue weighted by atomic mass is 35.5. The van der Waals surface area contributed by atoms with Gasteiger partial charge in [-0.3, -0.25) is 4.79 Å². The van der Waals surface area contributed by atoms with E-state index in [4.69, 9.17) is 21.8 Å². The van der Waals surface area contributed by atoms with E-state index in [9.17, 15) is 4.79 Å². The summed E-state index contributed by atoms with van der Waals surface area (Å²) in [6.45, 7) is 2.54. The number of rotatable bonds is 6. The Hall–Kier alpha value is -2.09. The van der Waals surface area contributed by atoms with E-state index >= 15 is 0 Å². The number of carbonyl (C=O) groups is 1. The fourth-order valence-corrected chi connectivity index (χ4v) is 4.22. The van der Waals surface area contributed by atoms with Crippen molar-refractivity contribution in [2.45, 2.75) is 25.9 Å². The molecular weight excluding hydrogens is 372 g/mol. The molecule has 1 atom stereocenters. The van der Waals surface area contributed by atoms with Crippen LogP contribution in [0.4, 0.5) is 5.69 Å². The zero-order chi connectivity index (χ0) is 18.8. The lowest BCUT2D eigenvalue weighted by atomic mass is 10.1. The highest BCUT2D eigenvalue weighted by molar-refractivity contribution is 7.19. The highest BCUT2D eigenvalue weighted by Crippen LogP contribution is 2.37. The number of nitrogens with two attached hydrogens (primary N) is 1. The first-order chi connectivity index (χ1) is 12.4. The number of aryl methyl sites for hydroxylation is 1. The molecule has 138 valence electrons. The summed E-state index contributed by atoms with van der Waals surface area (Å²) in [5.74, 6) is 0.738. The van der Waals surface area contributed by atoms with Gasteiger partial charge in [-0.1, -0.05) is 11.6 Å². The van der Waals surface area contributed by atoms with Crippen LogP contribution in [0.2, 0.25) is 5.15 Å². The van der Waals surface area contributed by atoms with E-state index in [0.29, 0.717) is 18.1 Å². The molecule has 3 aromatic heterocycles. The maximum atomic E-state index is 12.1. The van der Waals surface area contributed by atoms with Crippen LogP contribution in [0.25, 0.3) is 10.2 Å². The summed E-state index contributed by atoms with van der Waals surface area (Å²) in [6, 6.07) is 4.98. The Labute approximate surface area is 160 Å². The van der Waals surface area contributed by atoms with Gasteiger partial charge in [0.1, 0.15) is 10.9 Å². The summed E-state index contributed by atoms with van der Waals surface area (Å²) in [4.78, 5) is 19.1. The minimum atomic E-state index is -0.577. The van der Waals surface area contributed by atoms with Gasteiger partial charge < -0.3 is 20.4 Å². The smallest absolute Gasteiger partial charge is 0.239 e. The maximum absolute atomic E-state index is 12.1. The SMILES string of the molecule is Cc1c(C[C@@H](N)C(=O)N(C)C)sc2c(NCc3ccco3)cc(Cl)nc12. The van der Waals surface area contributed by atoms with Crippen molar-refractivity contribution in [3.05, 3.63) is 45.8 Å². The predicted octanol–water partition coefficient (Wildman–Crippen LogP) is 3.42. The summed E-state index contributed by atoms with van der Waals surface area (Å²) < 4.78 is 6.36. The number of halogens is 1. The number of thiophene rings is 1. The van der Waals surface area contributed by atoms with Crippen molar-refractivity contribution in [2.24, 2.45) is 5.73 Å². The van der Waals surface area contributed by atoms with E-state index in [-0.39, 0.29) is 5.91 Å². The van der Waals surface area contributed by atoms with E-state index in [0.717, 1.165) is 32.1 Å². The summed E-state index contributed by atoms with van der Waals surface area (Å²) in [7, 11) is 3.41. The van der Waals surface area contributed by atoms with Gasteiger partial charge in [0.2, 0.25) is 5.91 Å². The first-order valence-electron chi connectivity index (χ1n) is 8.18. The fourth-order valence-electron chi connectivity index (χ4n) is 2.73. The van der Waals surface area contributed by atoms with Crippen LogP contribution in [0.5, 0.6) is 0 Å². The second-order valence-electron chi connectivity index (χ2n) is 6.30. The number of carbonyl (C=O) groups excluding carboxylic acids is 1. The van der Waals surface area contributed by atoms with Crippen LogP contribution in [0.15, 0.2) is 28.9 Å². The minimum Gasteiger partial charge on any atom is -0.467 e. The minimum absolute atomic E-state index is 0.0935. The number of hydrogen-bond acceptors (Lipinski definition) is 6. The van der Waals surface area contributed by atoms with Gasteiger partial charge in [-0.15, -0.1) is 11.3 Å². The van der Waals surface area contributed by atoms with Gasteiger partial charge in [-0.2, -0.15) is 0 Å². The molecule has 0 aromatic carbocycles.